The van der Waals surface area contributed by atoms with Gasteiger partial charge in [0.05, 0.1) is 5.69 Å². The number of thioether (sulfide) groups is 1. The number of hydrogen-bond donors (Lipinski definition) is 2. The lowest BCUT2D eigenvalue weighted by Crippen LogP contribution is -2.34. The fraction of sp³-hybridized carbons (Fsp3) is 0.650. The van der Waals surface area contributed by atoms with E-state index in [9.17, 15) is 9.59 Å². The molecule has 9 heteroatoms. The molecule has 160 valence electrons. The second-order valence-corrected chi connectivity index (χ2v) is 9.37. The van der Waals surface area contributed by atoms with E-state index in [1.165, 1.54) is 0 Å². The summed E-state index contributed by atoms with van der Waals surface area (Å²) in [5.41, 5.74) is -0.176. The van der Waals surface area contributed by atoms with Crippen LogP contribution < -0.4 is 10.9 Å². The Kier molecular flexibility index (Phi) is 7.62. The standard InChI is InChI=1S/C20H32N6O2S/c1-12(2)11-26-14(24-25-19(26)29-7)9-8-10-21-16(27)15-13(3)22-18(20(4,5)6)23-17(15)28/h12H,8-11H2,1-7H3,(H,21,27)(H,22,23,28). The average Bonchev–Trinajstić information content (AvgIpc) is 2.98. The van der Waals surface area contributed by atoms with Crippen molar-refractivity contribution < 1.29 is 4.79 Å². The summed E-state index contributed by atoms with van der Waals surface area (Å²) in [7, 11) is 0. The van der Waals surface area contributed by atoms with Gasteiger partial charge < -0.3 is 14.9 Å². The minimum absolute atomic E-state index is 0.0747. The number of nitrogens with zero attached hydrogens (tertiary/aromatic N) is 4. The van der Waals surface area contributed by atoms with E-state index in [1.54, 1.807) is 18.7 Å². The molecule has 2 rings (SSSR count). The van der Waals surface area contributed by atoms with Crippen LogP contribution in [0, 0.1) is 12.8 Å². The molecule has 2 aromatic heterocycles. The predicted molar refractivity (Wildman–Crippen MR) is 116 cm³/mol. The molecule has 29 heavy (non-hydrogen) atoms. The zero-order valence-electron chi connectivity index (χ0n) is 18.4. The van der Waals surface area contributed by atoms with Crippen molar-refractivity contribution in [1.29, 1.82) is 0 Å². The van der Waals surface area contributed by atoms with Gasteiger partial charge in [0.25, 0.3) is 11.5 Å². The number of aromatic amines is 1. The molecule has 0 spiro atoms. The molecule has 2 N–H and O–H groups in total. The normalized spacial score (nSPS) is 11.9. The number of aromatic nitrogens is 5. The summed E-state index contributed by atoms with van der Waals surface area (Å²) < 4.78 is 2.14. The van der Waals surface area contributed by atoms with Crippen LogP contribution in [0.2, 0.25) is 0 Å². The summed E-state index contributed by atoms with van der Waals surface area (Å²) in [4.78, 5) is 32.1. The first-order valence-corrected chi connectivity index (χ1v) is 11.1. The van der Waals surface area contributed by atoms with Crippen LogP contribution in [0.5, 0.6) is 0 Å². The monoisotopic (exact) mass is 420 g/mol. The van der Waals surface area contributed by atoms with E-state index >= 15 is 0 Å². The number of carbonyl (C=O) groups is 1. The Bertz CT molecular complexity index is 911. The minimum atomic E-state index is -0.402. The van der Waals surface area contributed by atoms with Crippen LogP contribution in [0.25, 0.3) is 0 Å². The molecule has 1 amide bonds. The molecule has 0 fully saturated rings. The highest BCUT2D eigenvalue weighted by molar-refractivity contribution is 7.98. The van der Waals surface area contributed by atoms with Crippen LogP contribution in [0.15, 0.2) is 9.95 Å². The first kappa shape index (κ1) is 23.1. The van der Waals surface area contributed by atoms with Gasteiger partial charge in [-0.2, -0.15) is 0 Å². The van der Waals surface area contributed by atoms with Crippen LogP contribution in [0.4, 0.5) is 0 Å². The van der Waals surface area contributed by atoms with Crippen LogP contribution in [-0.2, 0) is 18.4 Å². The van der Waals surface area contributed by atoms with Crippen molar-refractivity contribution in [3.63, 3.8) is 0 Å². The molecule has 2 aromatic rings. The quantitative estimate of drug-likeness (QED) is 0.502. The third-order valence-corrected chi connectivity index (χ3v) is 5.09. The van der Waals surface area contributed by atoms with Crippen molar-refractivity contribution in [2.24, 2.45) is 5.92 Å². The SMILES string of the molecule is CSc1nnc(CCCNC(=O)c2c(C)nc(C(C)(C)C)[nH]c2=O)n1CC(C)C. The minimum Gasteiger partial charge on any atom is -0.352 e. The van der Waals surface area contributed by atoms with Crippen molar-refractivity contribution in [3.05, 3.63) is 33.3 Å². The van der Waals surface area contributed by atoms with E-state index in [-0.39, 0.29) is 11.0 Å². The molecular formula is C20H32N6O2S. The molecule has 0 saturated carbocycles. The number of carbonyl (C=O) groups excluding carboxylic acids is 1. The van der Waals surface area contributed by atoms with Gasteiger partial charge in [-0.1, -0.05) is 46.4 Å². The molecule has 0 unspecified atom stereocenters. The van der Waals surface area contributed by atoms with Crippen molar-refractivity contribution in [1.82, 2.24) is 30.0 Å². The number of rotatable bonds is 8. The van der Waals surface area contributed by atoms with Gasteiger partial charge in [-0.05, 0) is 25.5 Å². The van der Waals surface area contributed by atoms with Crippen LogP contribution in [0.1, 0.15) is 68.7 Å². The van der Waals surface area contributed by atoms with Gasteiger partial charge in [0.2, 0.25) is 0 Å². The van der Waals surface area contributed by atoms with Crippen molar-refractivity contribution in [3.8, 4) is 0 Å². The van der Waals surface area contributed by atoms with Crippen LogP contribution in [0.3, 0.4) is 0 Å². The number of H-pyrrole nitrogens is 1. The molecule has 2 heterocycles. The van der Waals surface area contributed by atoms with Gasteiger partial charge in [-0.25, -0.2) is 4.98 Å². The molecule has 0 atom stereocenters. The number of hydrogen-bond acceptors (Lipinski definition) is 6. The van der Waals surface area contributed by atoms with Crippen molar-refractivity contribution in [2.75, 3.05) is 12.8 Å². The Morgan fingerprint density at radius 1 is 1.28 bits per heavy atom. The maximum atomic E-state index is 12.5. The number of nitrogens with one attached hydrogen (secondary N) is 2. The lowest BCUT2D eigenvalue weighted by molar-refractivity contribution is 0.0950. The van der Waals surface area contributed by atoms with Gasteiger partial charge in [0, 0.05) is 24.9 Å². The predicted octanol–water partition coefficient (Wildman–Crippen LogP) is 2.71. The van der Waals surface area contributed by atoms with E-state index in [1.807, 2.05) is 27.0 Å². The fourth-order valence-electron chi connectivity index (χ4n) is 2.95. The third kappa shape index (κ3) is 5.91. The zero-order valence-corrected chi connectivity index (χ0v) is 19.2. The highest BCUT2D eigenvalue weighted by atomic mass is 32.2. The van der Waals surface area contributed by atoms with E-state index in [4.69, 9.17) is 0 Å². The van der Waals surface area contributed by atoms with E-state index < -0.39 is 11.5 Å². The highest BCUT2D eigenvalue weighted by Gasteiger charge is 2.22. The lowest BCUT2D eigenvalue weighted by Gasteiger charge is -2.18. The zero-order chi connectivity index (χ0) is 21.8. The Hall–Kier alpha value is -2.16. The first-order chi connectivity index (χ1) is 13.5. The second kappa shape index (κ2) is 9.56. The summed E-state index contributed by atoms with van der Waals surface area (Å²) in [5.74, 6) is 1.59. The Morgan fingerprint density at radius 2 is 1.97 bits per heavy atom. The molecule has 0 aliphatic rings. The first-order valence-electron chi connectivity index (χ1n) is 9.90. The fourth-order valence-corrected chi connectivity index (χ4v) is 3.47. The number of amides is 1. The molecule has 0 bridgehead atoms. The summed E-state index contributed by atoms with van der Waals surface area (Å²) in [5, 5.41) is 12.3. The molecule has 0 aliphatic carbocycles. The molecule has 0 aliphatic heterocycles. The molecule has 0 radical (unpaired) electrons. The van der Waals surface area contributed by atoms with Gasteiger partial charge in [-0.3, -0.25) is 9.59 Å². The van der Waals surface area contributed by atoms with Crippen LogP contribution >= 0.6 is 11.8 Å². The number of aryl methyl sites for hydroxylation is 2. The topological polar surface area (TPSA) is 106 Å². The molecule has 0 aromatic carbocycles. The van der Waals surface area contributed by atoms with Crippen molar-refractivity contribution >= 4 is 17.7 Å². The maximum Gasteiger partial charge on any atom is 0.264 e. The van der Waals surface area contributed by atoms with Gasteiger partial charge in [0.15, 0.2) is 5.16 Å². The van der Waals surface area contributed by atoms with Gasteiger partial charge in [-0.15, -0.1) is 10.2 Å². The highest BCUT2D eigenvalue weighted by Crippen LogP contribution is 2.18. The summed E-state index contributed by atoms with van der Waals surface area (Å²) in [6.45, 7) is 13.2. The van der Waals surface area contributed by atoms with Crippen molar-refractivity contribution in [2.45, 2.75) is 71.5 Å². The summed E-state index contributed by atoms with van der Waals surface area (Å²) in [6.07, 6.45) is 3.40. The second-order valence-electron chi connectivity index (χ2n) is 8.59. The summed E-state index contributed by atoms with van der Waals surface area (Å²) in [6, 6.07) is 0. The van der Waals surface area contributed by atoms with E-state index in [0.29, 0.717) is 36.8 Å². The Balaban J connectivity index is 2.00. The van der Waals surface area contributed by atoms with Gasteiger partial charge in [0.1, 0.15) is 17.2 Å². The Morgan fingerprint density at radius 3 is 2.52 bits per heavy atom. The molecule has 0 saturated heterocycles. The third-order valence-electron chi connectivity index (χ3n) is 4.42. The maximum absolute atomic E-state index is 12.5. The average molecular weight is 421 g/mol. The van der Waals surface area contributed by atoms with Gasteiger partial charge >= 0.3 is 0 Å². The largest absolute Gasteiger partial charge is 0.352 e. The lowest BCUT2D eigenvalue weighted by atomic mass is 9.95. The van der Waals surface area contributed by atoms with E-state index in [0.717, 1.165) is 17.5 Å². The Labute approximate surface area is 176 Å². The van der Waals surface area contributed by atoms with E-state index in [2.05, 4.69) is 43.9 Å². The van der Waals surface area contributed by atoms with Crippen LogP contribution in [-0.4, -0.2) is 43.4 Å². The molecular weight excluding hydrogens is 388 g/mol. The smallest absolute Gasteiger partial charge is 0.264 e. The molecule has 8 nitrogen and oxygen atoms in total. The summed E-state index contributed by atoms with van der Waals surface area (Å²) >= 11 is 1.58.